The molecule has 0 saturated heterocycles. The molecule has 106 valence electrons. The largest absolute Gasteiger partial charge is 0.388 e. The Labute approximate surface area is 118 Å². The Morgan fingerprint density at radius 3 is 2.80 bits per heavy atom. The standard InChI is InChI=1S/C16H19FN2O/c1-19(12-15-7-2-3-9-18-15)10-8-16(20)13-5-4-6-14(17)11-13/h2-7,9,11,16,20H,8,10,12H2,1H3. The van der Waals surface area contributed by atoms with Crippen LogP contribution in [0, 0.1) is 5.82 Å². The summed E-state index contributed by atoms with van der Waals surface area (Å²) < 4.78 is 13.1. The third kappa shape index (κ3) is 4.40. The normalized spacial score (nSPS) is 12.6. The first-order valence-electron chi connectivity index (χ1n) is 6.67. The summed E-state index contributed by atoms with van der Waals surface area (Å²) in [5, 5.41) is 10.1. The van der Waals surface area contributed by atoms with Gasteiger partial charge in [0, 0.05) is 19.3 Å². The van der Waals surface area contributed by atoms with Crippen molar-refractivity contribution in [3.63, 3.8) is 0 Å². The monoisotopic (exact) mass is 274 g/mol. The summed E-state index contributed by atoms with van der Waals surface area (Å²) in [5.74, 6) is -0.316. The van der Waals surface area contributed by atoms with Crippen LogP contribution in [0.4, 0.5) is 4.39 Å². The van der Waals surface area contributed by atoms with Crippen LogP contribution in [0.5, 0.6) is 0 Å². The zero-order valence-corrected chi connectivity index (χ0v) is 11.5. The molecule has 0 aliphatic heterocycles. The smallest absolute Gasteiger partial charge is 0.123 e. The number of nitrogens with zero attached hydrogens (tertiary/aromatic N) is 2. The number of aliphatic hydroxyl groups excluding tert-OH is 1. The molecular weight excluding hydrogens is 255 g/mol. The van der Waals surface area contributed by atoms with Gasteiger partial charge in [0.2, 0.25) is 0 Å². The SMILES string of the molecule is CN(CCC(O)c1cccc(F)c1)Cc1ccccn1. The van der Waals surface area contributed by atoms with E-state index in [9.17, 15) is 9.50 Å². The molecule has 0 radical (unpaired) electrons. The molecule has 2 rings (SSSR count). The second kappa shape index (κ2) is 7.12. The third-order valence-electron chi connectivity index (χ3n) is 3.18. The molecule has 1 atom stereocenters. The summed E-state index contributed by atoms with van der Waals surface area (Å²) in [4.78, 5) is 6.35. The number of hydrogen-bond acceptors (Lipinski definition) is 3. The van der Waals surface area contributed by atoms with E-state index in [1.54, 1.807) is 18.3 Å². The summed E-state index contributed by atoms with van der Waals surface area (Å²) in [6, 6.07) is 11.9. The van der Waals surface area contributed by atoms with Gasteiger partial charge in [-0.1, -0.05) is 18.2 Å². The van der Waals surface area contributed by atoms with Gasteiger partial charge in [-0.2, -0.15) is 0 Å². The second-order valence-corrected chi connectivity index (χ2v) is 4.92. The molecule has 0 spiro atoms. The lowest BCUT2D eigenvalue weighted by atomic mass is 10.1. The van der Waals surface area contributed by atoms with Crippen LogP contribution in [0.15, 0.2) is 48.7 Å². The predicted octanol–water partition coefficient (Wildman–Crippen LogP) is 2.78. The molecule has 0 bridgehead atoms. The van der Waals surface area contributed by atoms with Crippen LogP contribution in [0.3, 0.4) is 0 Å². The van der Waals surface area contributed by atoms with Crippen LogP contribution < -0.4 is 0 Å². The number of hydrogen-bond donors (Lipinski definition) is 1. The van der Waals surface area contributed by atoms with Crippen LogP contribution in [0.2, 0.25) is 0 Å². The van der Waals surface area contributed by atoms with E-state index in [0.717, 1.165) is 12.2 Å². The highest BCUT2D eigenvalue weighted by Gasteiger charge is 2.10. The van der Waals surface area contributed by atoms with Crippen LogP contribution >= 0.6 is 0 Å². The first-order chi connectivity index (χ1) is 9.65. The molecule has 0 fully saturated rings. The van der Waals surface area contributed by atoms with Gasteiger partial charge in [-0.3, -0.25) is 4.98 Å². The van der Waals surface area contributed by atoms with E-state index in [4.69, 9.17) is 0 Å². The third-order valence-corrected chi connectivity index (χ3v) is 3.18. The Kier molecular flexibility index (Phi) is 5.21. The molecule has 1 heterocycles. The van der Waals surface area contributed by atoms with Gasteiger partial charge in [0.25, 0.3) is 0 Å². The lowest BCUT2D eigenvalue weighted by Crippen LogP contribution is -2.21. The molecule has 0 aliphatic carbocycles. The summed E-state index contributed by atoms with van der Waals surface area (Å²) in [5.41, 5.74) is 1.62. The maximum atomic E-state index is 13.1. The fourth-order valence-corrected chi connectivity index (χ4v) is 2.07. The Bertz CT molecular complexity index is 533. The van der Waals surface area contributed by atoms with Crippen molar-refractivity contribution < 1.29 is 9.50 Å². The van der Waals surface area contributed by atoms with Gasteiger partial charge >= 0.3 is 0 Å². The number of aromatic nitrogens is 1. The Balaban J connectivity index is 1.82. The minimum absolute atomic E-state index is 0.316. The summed E-state index contributed by atoms with van der Waals surface area (Å²) >= 11 is 0. The first-order valence-corrected chi connectivity index (χ1v) is 6.67. The van der Waals surface area contributed by atoms with E-state index in [2.05, 4.69) is 9.88 Å². The fourth-order valence-electron chi connectivity index (χ4n) is 2.07. The van der Waals surface area contributed by atoms with Crippen LogP contribution in [0.25, 0.3) is 0 Å². The van der Waals surface area contributed by atoms with Crippen molar-refractivity contribution in [1.82, 2.24) is 9.88 Å². The lowest BCUT2D eigenvalue weighted by molar-refractivity contribution is 0.147. The molecule has 20 heavy (non-hydrogen) atoms. The quantitative estimate of drug-likeness (QED) is 0.880. The molecule has 1 aromatic carbocycles. The minimum Gasteiger partial charge on any atom is -0.388 e. The van der Waals surface area contributed by atoms with Crippen molar-refractivity contribution in [1.29, 1.82) is 0 Å². The van der Waals surface area contributed by atoms with Crippen molar-refractivity contribution >= 4 is 0 Å². The average molecular weight is 274 g/mol. The maximum Gasteiger partial charge on any atom is 0.123 e. The van der Waals surface area contributed by atoms with Gasteiger partial charge in [0.15, 0.2) is 0 Å². The molecule has 4 heteroatoms. The number of aliphatic hydroxyl groups is 1. The molecular formula is C16H19FN2O. The molecule has 1 N–H and O–H groups in total. The highest BCUT2D eigenvalue weighted by atomic mass is 19.1. The van der Waals surface area contributed by atoms with E-state index in [1.807, 2.05) is 25.2 Å². The van der Waals surface area contributed by atoms with Crippen LogP contribution in [-0.2, 0) is 6.54 Å². The molecule has 2 aromatic rings. The van der Waals surface area contributed by atoms with E-state index in [-0.39, 0.29) is 5.82 Å². The van der Waals surface area contributed by atoms with Gasteiger partial charge in [-0.25, -0.2) is 4.39 Å². The Hall–Kier alpha value is -1.78. The topological polar surface area (TPSA) is 36.4 Å². The molecule has 3 nitrogen and oxygen atoms in total. The van der Waals surface area contributed by atoms with Gasteiger partial charge < -0.3 is 10.0 Å². The predicted molar refractivity (Wildman–Crippen MR) is 76.5 cm³/mol. The number of rotatable bonds is 6. The zero-order valence-electron chi connectivity index (χ0n) is 11.5. The molecule has 1 unspecified atom stereocenters. The Morgan fingerprint density at radius 2 is 2.10 bits per heavy atom. The highest BCUT2D eigenvalue weighted by molar-refractivity contribution is 5.18. The van der Waals surface area contributed by atoms with Crippen molar-refractivity contribution in [2.24, 2.45) is 0 Å². The van der Waals surface area contributed by atoms with Crippen molar-refractivity contribution in [2.45, 2.75) is 19.1 Å². The van der Waals surface area contributed by atoms with Gasteiger partial charge in [0.05, 0.1) is 11.8 Å². The van der Waals surface area contributed by atoms with Crippen LogP contribution in [0.1, 0.15) is 23.8 Å². The summed E-state index contributed by atoms with van der Waals surface area (Å²) in [6.07, 6.45) is 1.69. The lowest BCUT2D eigenvalue weighted by Gasteiger charge is -2.18. The highest BCUT2D eigenvalue weighted by Crippen LogP contribution is 2.17. The number of pyridine rings is 1. The maximum absolute atomic E-state index is 13.1. The van der Waals surface area contributed by atoms with Crippen molar-refractivity contribution in [2.75, 3.05) is 13.6 Å². The van der Waals surface area contributed by atoms with Crippen molar-refractivity contribution in [3.05, 3.63) is 65.7 Å². The Morgan fingerprint density at radius 1 is 1.25 bits per heavy atom. The van der Waals surface area contributed by atoms with E-state index in [1.165, 1.54) is 12.1 Å². The van der Waals surface area contributed by atoms with Crippen molar-refractivity contribution in [3.8, 4) is 0 Å². The molecule has 0 aliphatic rings. The van der Waals surface area contributed by atoms with E-state index in [0.29, 0.717) is 18.5 Å². The van der Waals surface area contributed by atoms with Gasteiger partial charge in [0.1, 0.15) is 5.82 Å². The summed E-state index contributed by atoms with van der Waals surface area (Å²) in [7, 11) is 1.98. The molecule has 0 amide bonds. The van der Waals surface area contributed by atoms with E-state index >= 15 is 0 Å². The minimum atomic E-state index is -0.642. The van der Waals surface area contributed by atoms with Gasteiger partial charge in [-0.15, -0.1) is 0 Å². The summed E-state index contributed by atoms with van der Waals surface area (Å²) in [6.45, 7) is 1.45. The second-order valence-electron chi connectivity index (χ2n) is 4.92. The van der Waals surface area contributed by atoms with Crippen LogP contribution in [-0.4, -0.2) is 28.6 Å². The van der Waals surface area contributed by atoms with Gasteiger partial charge in [-0.05, 0) is 43.3 Å². The zero-order chi connectivity index (χ0) is 14.4. The number of benzene rings is 1. The fraction of sp³-hybridized carbons (Fsp3) is 0.312. The van der Waals surface area contributed by atoms with E-state index < -0.39 is 6.10 Å². The average Bonchev–Trinajstić information content (AvgIpc) is 2.46. The molecule has 0 saturated carbocycles. The first kappa shape index (κ1) is 14.6. The molecule has 1 aromatic heterocycles. The number of halogens is 1.